The molecule has 0 radical (unpaired) electrons. The summed E-state index contributed by atoms with van der Waals surface area (Å²) in [5, 5.41) is 0. The minimum absolute atomic E-state index is 0.123. The molecule has 1 fully saturated rings. The molecule has 100 valence electrons. The molecule has 1 rings (SSSR count). The molecule has 1 saturated heterocycles. The number of nitrogens with two attached hydrogens (primary N) is 1. The second kappa shape index (κ2) is 5.65. The fourth-order valence-electron chi connectivity index (χ4n) is 1.62. The number of rotatable bonds is 3. The summed E-state index contributed by atoms with van der Waals surface area (Å²) in [6.45, 7) is 4.29. The molecule has 2 atom stereocenters. The maximum Gasteiger partial charge on any atom is 0.421 e. The van der Waals surface area contributed by atoms with Gasteiger partial charge >= 0.3 is 16.3 Å². The number of nitrogens with one attached hydrogen (secondary N) is 1. The SMILES string of the molecule is CCOC(=O)NS(=O)(=O)N1CCC(C)C(N)C1. The van der Waals surface area contributed by atoms with E-state index in [2.05, 4.69) is 4.74 Å². The Morgan fingerprint density at radius 3 is 2.76 bits per heavy atom. The van der Waals surface area contributed by atoms with Crippen LogP contribution in [0.5, 0.6) is 0 Å². The Morgan fingerprint density at radius 1 is 1.59 bits per heavy atom. The van der Waals surface area contributed by atoms with Gasteiger partial charge in [0.05, 0.1) is 6.61 Å². The first-order chi connectivity index (χ1) is 7.86. The van der Waals surface area contributed by atoms with Gasteiger partial charge in [-0.1, -0.05) is 6.92 Å². The molecule has 2 unspecified atom stereocenters. The van der Waals surface area contributed by atoms with Crippen LogP contribution in [0, 0.1) is 5.92 Å². The van der Waals surface area contributed by atoms with Crippen molar-refractivity contribution in [2.45, 2.75) is 26.3 Å². The average Bonchev–Trinajstić information content (AvgIpc) is 2.21. The summed E-state index contributed by atoms with van der Waals surface area (Å²) in [5.74, 6) is 0.282. The number of amides is 1. The lowest BCUT2D eigenvalue weighted by Crippen LogP contribution is -2.53. The fourth-order valence-corrected chi connectivity index (χ4v) is 2.73. The van der Waals surface area contributed by atoms with E-state index < -0.39 is 16.3 Å². The van der Waals surface area contributed by atoms with Gasteiger partial charge in [0.15, 0.2) is 0 Å². The first-order valence-electron chi connectivity index (χ1n) is 5.57. The average molecular weight is 265 g/mol. The predicted octanol–water partition coefficient (Wildman–Crippen LogP) is -0.354. The summed E-state index contributed by atoms with van der Waals surface area (Å²) in [5.41, 5.74) is 5.80. The Balaban J connectivity index is 2.62. The number of piperidine rings is 1. The van der Waals surface area contributed by atoms with Crippen LogP contribution in [0.2, 0.25) is 0 Å². The standard InChI is InChI=1S/C9H19N3O4S/c1-3-16-9(13)11-17(14,15)12-5-4-7(2)8(10)6-12/h7-8H,3-6,10H2,1-2H3,(H,11,13). The van der Waals surface area contributed by atoms with Crippen molar-refractivity contribution in [3.05, 3.63) is 0 Å². The van der Waals surface area contributed by atoms with Crippen LogP contribution in [0.25, 0.3) is 0 Å². The highest BCUT2D eigenvalue weighted by Gasteiger charge is 2.32. The van der Waals surface area contributed by atoms with Gasteiger partial charge in [-0.25, -0.2) is 9.52 Å². The van der Waals surface area contributed by atoms with Gasteiger partial charge in [-0.15, -0.1) is 0 Å². The summed E-state index contributed by atoms with van der Waals surface area (Å²) < 4.78 is 31.1. The van der Waals surface area contributed by atoms with Crippen molar-refractivity contribution < 1.29 is 17.9 Å². The molecule has 0 aromatic carbocycles. The molecule has 0 bridgehead atoms. The minimum atomic E-state index is -3.83. The lowest BCUT2D eigenvalue weighted by atomic mass is 9.96. The van der Waals surface area contributed by atoms with Crippen LogP contribution < -0.4 is 10.5 Å². The molecule has 8 heteroatoms. The minimum Gasteiger partial charge on any atom is -0.449 e. The van der Waals surface area contributed by atoms with E-state index in [-0.39, 0.29) is 25.1 Å². The number of carbonyl (C=O) groups excluding carboxylic acids is 1. The van der Waals surface area contributed by atoms with Gasteiger partial charge in [0.1, 0.15) is 0 Å². The van der Waals surface area contributed by atoms with Gasteiger partial charge in [-0.3, -0.25) is 0 Å². The van der Waals surface area contributed by atoms with Crippen molar-refractivity contribution >= 4 is 16.3 Å². The van der Waals surface area contributed by atoms with Crippen molar-refractivity contribution in [3.8, 4) is 0 Å². The first kappa shape index (κ1) is 14.2. The van der Waals surface area contributed by atoms with Gasteiger partial charge in [0.25, 0.3) is 0 Å². The zero-order valence-corrected chi connectivity index (χ0v) is 10.9. The van der Waals surface area contributed by atoms with Gasteiger partial charge < -0.3 is 10.5 Å². The maximum absolute atomic E-state index is 11.8. The Labute approximate surface area is 101 Å². The highest BCUT2D eigenvalue weighted by atomic mass is 32.2. The molecule has 0 aliphatic carbocycles. The first-order valence-corrected chi connectivity index (χ1v) is 7.01. The number of carbonyl (C=O) groups is 1. The normalized spacial score (nSPS) is 26.5. The molecule has 7 nitrogen and oxygen atoms in total. The Hall–Kier alpha value is -0.860. The lowest BCUT2D eigenvalue weighted by molar-refractivity contribution is 0.157. The number of hydrogen-bond acceptors (Lipinski definition) is 5. The van der Waals surface area contributed by atoms with Gasteiger partial charge in [0.2, 0.25) is 0 Å². The number of hydrogen-bond donors (Lipinski definition) is 2. The van der Waals surface area contributed by atoms with Crippen LogP contribution in [0.3, 0.4) is 0 Å². The third-order valence-corrected chi connectivity index (χ3v) is 4.24. The highest BCUT2D eigenvalue weighted by molar-refractivity contribution is 7.87. The van der Waals surface area contributed by atoms with Crippen LogP contribution in [-0.4, -0.2) is 44.6 Å². The van der Waals surface area contributed by atoms with Crippen molar-refractivity contribution in [1.82, 2.24) is 9.03 Å². The van der Waals surface area contributed by atoms with E-state index >= 15 is 0 Å². The summed E-state index contributed by atoms with van der Waals surface area (Å²) in [6.07, 6.45) is -0.273. The fraction of sp³-hybridized carbons (Fsp3) is 0.889. The molecule has 1 aliphatic rings. The van der Waals surface area contributed by atoms with Crippen molar-refractivity contribution in [2.24, 2.45) is 11.7 Å². The molecule has 1 heterocycles. The van der Waals surface area contributed by atoms with Crippen LogP contribution >= 0.6 is 0 Å². The lowest BCUT2D eigenvalue weighted by Gasteiger charge is -2.33. The second-order valence-electron chi connectivity index (χ2n) is 4.12. The van der Waals surface area contributed by atoms with Crippen molar-refractivity contribution in [3.63, 3.8) is 0 Å². The molecule has 0 aromatic heterocycles. The molecule has 1 amide bonds. The van der Waals surface area contributed by atoms with E-state index in [1.54, 1.807) is 6.92 Å². The molecule has 0 saturated carbocycles. The van der Waals surface area contributed by atoms with Crippen LogP contribution in [-0.2, 0) is 14.9 Å². The Kier molecular flexibility index (Phi) is 4.72. The number of ether oxygens (including phenoxy) is 1. The van der Waals surface area contributed by atoms with Crippen LogP contribution in [0.4, 0.5) is 4.79 Å². The van der Waals surface area contributed by atoms with E-state index in [9.17, 15) is 13.2 Å². The monoisotopic (exact) mass is 265 g/mol. The van der Waals surface area contributed by atoms with E-state index in [1.807, 2.05) is 11.6 Å². The predicted molar refractivity (Wildman–Crippen MR) is 62.4 cm³/mol. The van der Waals surface area contributed by atoms with Crippen LogP contribution in [0.15, 0.2) is 0 Å². The quantitative estimate of drug-likeness (QED) is 0.726. The molecule has 1 aliphatic heterocycles. The summed E-state index contributed by atoms with van der Waals surface area (Å²) in [7, 11) is -3.83. The summed E-state index contributed by atoms with van der Waals surface area (Å²) in [6, 6.07) is -0.206. The molecule has 3 N–H and O–H groups in total. The van der Waals surface area contributed by atoms with E-state index in [4.69, 9.17) is 5.73 Å². The third-order valence-electron chi connectivity index (χ3n) is 2.81. The summed E-state index contributed by atoms with van der Waals surface area (Å²) >= 11 is 0. The van der Waals surface area contributed by atoms with E-state index in [0.717, 1.165) is 0 Å². The largest absolute Gasteiger partial charge is 0.449 e. The van der Waals surface area contributed by atoms with Gasteiger partial charge in [0, 0.05) is 19.1 Å². The Bertz CT molecular complexity index is 370. The van der Waals surface area contributed by atoms with Gasteiger partial charge in [-0.05, 0) is 19.3 Å². The van der Waals surface area contributed by atoms with Gasteiger partial charge in [-0.2, -0.15) is 12.7 Å². The van der Waals surface area contributed by atoms with E-state index in [1.165, 1.54) is 4.31 Å². The number of nitrogens with zero attached hydrogens (tertiary/aromatic N) is 1. The third kappa shape index (κ3) is 3.83. The topological polar surface area (TPSA) is 102 Å². The Morgan fingerprint density at radius 2 is 2.24 bits per heavy atom. The van der Waals surface area contributed by atoms with E-state index in [0.29, 0.717) is 13.0 Å². The molecule has 0 spiro atoms. The zero-order chi connectivity index (χ0) is 13.1. The second-order valence-corrected chi connectivity index (χ2v) is 5.79. The van der Waals surface area contributed by atoms with Crippen molar-refractivity contribution in [2.75, 3.05) is 19.7 Å². The zero-order valence-electron chi connectivity index (χ0n) is 10.0. The van der Waals surface area contributed by atoms with Crippen LogP contribution in [0.1, 0.15) is 20.3 Å². The highest BCUT2D eigenvalue weighted by Crippen LogP contribution is 2.17. The molecule has 17 heavy (non-hydrogen) atoms. The molecule has 0 aromatic rings. The molecular weight excluding hydrogens is 246 g/mol. The maximum atomic E-state index is 11.8. The van der Waals surface area contributed by atoms with Crippen molar-refractivity contribution in [1.29, 1.82) is 0 Å². The smallest absolute Gasteiger partial charge is 0.421 e. The summed E-state index contributed by atoms with van der Waals surface area (Å²) in [4.78, 5) is 11.1. The molecular formula is C9H19N3O4S.